The first-order chi connectivity index (χ1) is 7.68. The standard InChI is InChI=1S/C14H18N2/c1-10-13(15(2)3)9-12-6-4-5-11-7-8-16(10)14(11)12/h4-8,10,13H,9H2,1-3H3. The van der Waals surface area contributed by atoms with Crippen molar-refractivity contribution in [2.45, 2.75) is 25.4 Å². The number of hydrogen-bond donors (Lipinski definition) is 0. The van der Waals surface area contributed by atoms with Crippen LogP contribution < -0.4 is 0 Å². The van der Waals surface area contributed by atoms with Crippen molar-refractivity contribution in [2.24, 2.45) is 0 Å². The molecule has 1 aliphatic heterocycles. The number of hydrogen-bond acceptors (Lipinski definition) is 1. The molecule has 2 nitrogen and oxygen atoms in total. The molecule has 2 unspecified atom stereocenters. The van der Waals surface area contributed by atoms with Crippen molar-refractivity contribution in [3.63, 3.8) is 0 Å². The minimum absolute atomic E-state index is 0.558. The Morgan fingerprint density at radius 2 is 2.06 bits per heavy atom. The highest BCUT2D eigenvalue weighted by atomic mass is 15.2. The molecule has 0 fully saturated rings. The Morgan fingerprint density at radius 3 is 2.81 bits per heavy atom. The van der Waals surface area contributed by atoms with Crippen LogP contribution >= 0.6 is 0 Å². The first-order valence-corrected chi connectivity index (χ1v) is 5.93. The maximum Gasteiger partial charge on any atom is 0.0516 e. The first-order valence-electron chi connectivity index (χ1n) is 5.93. The molecule has 84 valence electrons. The summed E-state index contributed by atoms with van der Waals surface area (Å²) in [5.74, 6) is 0. The lowest BCUT2D eigenvalue weighted by Crippen LogP contribution is -2.39. The van der Waals surface area contributed by atoms with Crippen LogP contribution in [0.3, 0.4) is 0 Å². The zero-order valence-corrected chi connectivity index (χ0v) is 10.1. The van der Waals surface area contributed by atoms with Crippen molar-refractivity contribution in [3.8, 4) is 0 Å². The lowest BCUT2D eigenvalue weighted by atomic mass is 9.94. The maximum atomic E-state index is 2.43. The summed E-state index contributed by atoms with van der Waals surface area (Å²) in [5, 5.41) is 1.38. The van der Waals surface area contributed by atoms with Gasteiger partial charge in [0.15, 0.2) is 0 Å². The second-order valence-electron chi connectivity index (χ2n) is 5.05. The molecule has 2 heteroatoms. The second kappa shape index (κ2) is 3.36. The summed E-state index contributed by atoms with van der Waals surface area (Å²) in [5.41, 5.74) is 2.92. The quantitative estimate of drug-likeness (QED) is 0.708. The smallest absolute Gasteiger partial charge is 0.0516 e. The average molecular weight is 214 g/mol. The van der Waals surface area contributed by atoms with E-state index in [0.717, 1.165) is 6.42 Å². The molecule has 0 saturated carbocycles. The Morgan fingerprint density at radius 1 is 1.25 bits per heavy atom. The van der Waals surface area contributed by atoms with Crippen LogP contribution in [-0.4, -0.2) is 29.6 Å². The highest BCUT2D eigenvalue weighted by Crippen LogP contribution is 2.33. The summed E-state index contributed by atoms with van der Waals surface area (Å²) < 4.78 is 2.43. The number of aromatic nitrogens is 1. The second-order valence-corrected chi connectivity index (χ2v) is 5.05. The summed E-state index contributed by atoms with van der Waals surface area (Å²) >= 11 is 0. The highest BCUT2D eigenvalue weighted by Gasteiger charge is 2.27. The molecule has 0 spiro atoms. The van der Waals surface area contributed by atoms with Crippen LogP contribution in [-0.2, 0) is 6.42 Å². The Hall–Kier alpha value is -1.28. The van der Waals surface area contributed by atoms with Crippen molar-refractivity contribution in [1.82, 2.24) is 9.47 Å². The molecule has 1 aromatic heterocycles. The highest BCUT2D eigenvalue weighted by molar-refractivity contribution is 5.84. The van der Waals surface area contributed by atoms with E-state index in [4.69, 9.17) is 0 Å². The van der Waals surface area contributed by atoms with Gasteiger partial charge in [-0.05, 0) is 44.5 Å². The van der Waals surface area contributed by atoms with Crippen LogP contribution in [0.4, 0.5) is 0 Å². The van der Waals surface area contributed by atoms with Crippen molar-refractivity contribution in [2.75, 3.05) is 14.1 Å². The maximum absolute atomic E-state index is 2.43. The molecule has 2 heterocycles. The summed E-state index contributed by atoms with van der Waals surface area (Å²) in [6, 6.07) is 10.0. The summed E-state index contributed by atoms with van der Waals surface area (Å²) in [6.07, 6.45) is 3.39. The number of likely N-dealkylation sites (N-methyl/N-ethyl adjacent to an activating group) is 1. The minimum Gasteiger partial charge on any atom is -0.343 e. The third kappa shape index (κ3) is 1.23. The van der Waals surface area contributed by atoms with Gasteiger partial charge in [0.05, 0.1) is 5.52 Å². The van der Waals surface area contributed by atoms with Crippen LogP contribution in [0.15, 0.2) is 30.5 Å². The van der Waals surface area contributed by atoms with Crippen LogP contribution in [0.2, 0.25) is 0 Å². The first kappa shape index (κ1) is 9.91. The summed E-state index contributed by atoms with van der Waals surface area (Å²) in [7, 11) is 4.35. The van der Waals surface area contributed by atoms with E-state index in [9.17, 15) is 0 Å². The molecule has 1 aromatic carbocycles. The molecule has 0 aliphatic carbocycles. The number of para-hydroxylation sites is 1. The van der Waals surface area contributed by atoms with Crippen LogP contribution in [0.25, 0.3) is 10.9 Å². The van der Waals surface area contributed by atoms with Gasteiger partial charge >= 0.3 is 0 Å². The fourth-order valence-electron chi connectivity index (χ4n) is 3.00. The van der Waals surface area contributed by atoms with E-state index in [1.165, 1.54) is 16.5 Å². The molecular weight excluding hydrogens is 196 g/mol. The van der Waals surface area contributed by atoms with Crippen LogP contribution in [0.1, 0.15) is 18.5 Å². The molecule has 0 saturated heterocycles. The third-order valence-electron chi connectivity index (χ3n) is 3.91. The van der Waals surface area contributed by atoms with Gasteiger partial charge in [-0.3, -0.25) is 0 Å². The van der Waals surface area contributed by atoms with Crippen molar-refractivity contribution in [3.05, 3.63) is 36.0 Å². The normalized spacial score (nSPS) is 24.2. The van der Waals surface area contributed by atoms with Gasteiger partial charge in [0.1, 0.15) is 0 Å². The van der Waals surface area contributed by atoms with E-state index in [1.807, 2.05) is 0 Å². The third-order valence-corrected chi connectivity index (χ3v) is 3.91. The zero-order valence-electron chi connectivity index (χ0n) is 10.1. The Bertz CT molecular complexity index is 525. The van der Waals surface area contributed by atoms with E-state index in [0.29, 0.717) is 12.1 Å². The lowest BCUT2D eigenvalue weighted by molar-refractivity contribution is 0.216. The van der Waals surface area contributed by atoms with E-state index < -0.39 is 0 Å². The fourth-order valence-corrected chi connectivity index (χ4v) is 3.00. The molecule has 0 radical (unpaired) electrons. The van der Waals surface area contributed by atoms with Crippen LogP contribution in [0.5, 0.6) is 0 Å². The Kier molecular flexibility index (Phi) is 2.08. The van der Waals surface area contributed by atoms with Crippen LogP contribution in [0, 0.1) is 0 Å². The molecular formula is C14H18N2. The largest absolute Gasteiger partial charge is 0.343 e. The van der Waals surface area contributed by atoms with Gasteiger partial charge in [-0.25, -0.2) is 0 Å². The van der Waals surface area contributed by atoms with Gasteiger partial charge in [0.2, 0.25) is 0 Å². The van der Waals surface area contributed by atoms with Crippen molar-refractivity contribution < 1.29 is 0 Å². The summed E-state index contributed by atoms with van der Waals surface area (Å²) in [6.45, 7) is 2.32. The number of nitrogens with zero attached hydrogens (tertiary/aromatic N) is 2. The molecule has 16 heavy (non-hydrogen) atoms. The minimum atomic E-state index is 0.558. The molecule has 0 N–H and O–H groups in total. The topological polar surface area (TPSA) is 8.17 Å². The van der Waals surface area contributed by atoms with E-state index in [2.05, 4.69) is 60.9 Å². The van der Waals surface area contributed by atoms with Gasteiger partial charge in [0.25, 0.3) is 0 Å². The molecule has 3 rings (SSSR count). The summed E-state index contributed by atoms with van der Waals surface area (Å²) in [4.78, 5) is 2.34. The Balaban J connectivity index is 2.21. The molecule has 0 amide bonds. The zero-order chi connectivity index (χ0) is 11.3. The van der Waals surface area contributed by atoms with Crippen molar-refractivity contribution in [1.29, 1.82) is 0 Å². The lowest BCUT2D eigenvalue weighted by Gasteiger charge is -2.35. The molecule has 2 atom stereocenters. The SMILES string of the molecule is CC1C(N(C)C)Cc2cccc3ccn1c23. The van der Waals surface area contributed by atoms with E-state index in [-0.39, 0.29) is 0 Å². The van der Waals surface area contributed by atoms with Gasteiger partial charge < -0.3 is 9.47 Å². The van der Waals surface area contributed by atoms with Gasteiger partial charge in [-0.1, -0.05) is 18.2 Å². The Labute approximate surface area is 96.5 Å². The van der Waals surface area contributed by atoms with Gasteiger partial charge in [0, 0.05) is 18.3 Å². The number of rotatable bonds is 1. The molecule has 0 bridgehead atoms. The van der Waals surface area contributed by atoms with E-state index >= 15 is 0 Å². The molecule has 1 aliphatic rings. The predicted molar refractivity (Wildman–Crippen MR) is 67.8 cm³/mol. The predicted octanol–water partition coefficient (Wildman–Crippen LogP) is 2.69. The number of benzene rings is 1. The average Bonchev–Trinajstić information content (AvgIpc) is 2.68. The monoisotopic (exact) mass is 214 g/mol. The van der Waals surface area contributed by atoms with E-state index in [1.54, 1.807) is 0 Å². The fraction of sp³-hybridized carbons (Fsp3) is 0.429. The molecule has 2 aromatic rings. The van der Waals surface area contributed by atoms with Gasteiger partial charge in [-0.15, -0.1) is 0 Å². The van der Waals surface area contributed by atoms with Crippen molar-refractivity contribution >= 4 is 10.9 Å². The van der Waals surface area contributed by atoms with Gasteiger partial charge in [-0.2, -0.15) is 0 Å².